The summed E-state index contributed by atoms with van der Waals surface area (Å²) in [4.78, 5) is 15.0. The van der Waals surface area contributed by atoms with Gasteiger partial charge in [-0.3, -0.25) is 9.78 Å². The molecule has 1 aromatic rings. The van der Waals surface area contributed by atoms with Crippen LogP contribution in [-0.2, 0) is 16.0 Å². The van der Waals surface area contributed by atoms with Gasteiger partial charge in [-0.05, 0) is 40.6 Å². The maximum atomic E-state index is 12.7. The van der Waals surface area contributed by atoms with Crippen LogP contribution in [0, 0.1) is 5.92 Å². The van der Waals surface area contributed by atoms with Gasteiger partial charge in [0.1, 0.15) is 6.10 Å². The molecule has 2 unspecified atom stereocenters. The number of carbonyl (C=O) groups excluding carboxylic acids is 1. The van der Waals surface area contributed by atoms with Crippen molar-refractivity contribution in [2.45, 2.75) is 26.4 Å². The van der Waals surface area contributed by atoms with E-state index >= 15 is 0 Å². The van der Waals surface area contributed by atoms with Gasteiger partial charge in [-0.25, -0.2) is 0 Å². The van der Waals surface area contributed by atoms with E-state index < -0.39 is 18.2 Å². The third-order valence-electron chi connectivity index (χ3n) is 2.52. The third-order valence-corrected chi connectivity index (χ3v) is 3.54. The number of esters is 1. The van der Waals surface area contributed by atoms with Crippen LogP contribution < -0.4 is 0 Å². The summed E-state index contributed by atoms with van der Waals surface area (Å²) in [7, 11) is 0. The summed E-state index contributed by atoms with van der Waals surface area (Å²) >= 11 is 1.52. The minimum absolute atomic E-state index is 0.232. The fourth-order valence-corrected chi connectivity index (χ4v) is 2.44. The predicted molar refractivity (Wildman–Crippen MR) is 75.9 cm³/mol. The van der Waals surface area contributed by atoms with Crippen molar-refractivity contribution in [3.8, 4) is 0 Å². The molecule has 0 aliphatic carbocycles. The highest BCUT2D eigenvalue weighted by molar-refractivity contribution is 14.1. The van der Waals surface area contributed by atoms with Crippen LogP contribution in [0.1, 0.15) is 19.4 Å². The number of nitrogens with zero attached hydrogens (tertiary/aromatic N) is 1. The number of aromatic nitrogens is 1. The molecular weight excluding hydrogens is 367 g/mol. The summed E-state index contributed by atoms with van der Waals surface area (Å²) < 4.78 is 30.2. The van der Waals surface area contributed by atoms with Crippen LogP contribution >= 0.6 is 22.6 Å². The SMILES string of the molecule is CC(=O)OC(C(I)=C(F)F)C(C)Cc1cccnc1. The summed E-state index contributed by atoms with van der Waals surface area (Å²) in [5, 5.41) is 0. The lowest BCUT2D eigenvalue weighted by atomic mass is 9.96. The molecule has 0 aliphatic rings. The number of rotatable bonds is 5. The molecule has 0 bridgehead atoms. The molecule has 0 saturated heterocycles. The first kappa shape index (κ1) is 16.0. The van der Waals surface area contributed by atoms with E-state index in [1.165, 1.54) is 29.5 Å². The second-order valence-corrected chi connectivity index (χ2v) is 5.34. The molecular formula is C13H14F2INO2. The van der Waals surface area contributed by atoms with Gasteiger partial charge in [-0.15, -0.1) is 0 Å². The lowest BCUT2D eigenvalue weighted by Gasteiger charge is -2.23. The minimum atomic E-state index is -1.81. The second-order valence-electron chi connectivity index (χ2n) is 4.18. The van der Waals surface area contributed by atoms with Crippen molar-refractivity contribution in [3.05, 3.63) is 39.8 Å². The maximum Gasteiger partial charge on any atom is 0.303 e. The van der Waals surface area contributed by atoms with Gasteiger partial charge in [-0.2, -0.15) is 8.78 Å². The zero-order chi connectivity index (χ0) is 14.4. The molecule has 0 amide bonds. The normalized spacial score (nSPS) is 13.5. The smallest absolute Gasteiger partial charge is 0.303 e. The Morgan fingerprint density at radius 2 is 2.21 bits per heavy atom. The Bertz CT molecular complexity index is 461. The molecule has 2 atom stereocenters. The zero-order valence-electron chi connectivity index (χ0n) is 10.6. The Balaban J connectivity index is 2.86. The Morgan fingerprint density at radius 1 is 1.53 bits per heavy atom. The van der Waals surface area contributed by atoms with Gasteiger partial charge in [0.25, 0.3) is 6.08 Å². The topological polar surface area (TPSA) is 39.2 Å². The van der Waals surface area contributed by atoms with E-state index in [1.54, 1.807) is 25.4 Å². The molecule has 0 spiro atoms. The van der Waals surface area contributed by atoms with Gasteiger partial charge in [0.15, 0.2) is 0 Å². The molecule has 0 fully saturated rings. The fraction of sp³-hybridized carbons (Fsp3) is 0.385. The lowest BCUT2D eigenvalue weighted by Crippen LogP contribution is -2.26. The lowest BCUT2D eigenvalue weighted by molar-refractivity contribution is -0.146. The molecule has 0 aromatic carbocycles. The zero-order valence-corrected chi connectivity index (χ0v) is 12.7. The van der Waals surface area contributed by atoms with Crippen LogP contribution in [0.2, 0.25) is 0 Å². The van der Waals surface area contributed by atoms with Crippen LogP contribution in [0.5, 0.6) is 0 Å². The summed E-state index contributed by atoms with van der Waals surface area (Å²) in [5.41, 5.74) is 0.913. The first-order valence-corrected chi connectivity index (χ1v) is 6.76. The summed E-state index contributed by atoms with van der Waals surface area (Å²) in [6, 6.07) is 3.64. The first-order valence-electron chi connectivity index (χ1n) is 5.68. The van der Waals surface area contributed by atoms with Crippen LogP contribution in [0.3, 0.4) is 0 Å². The quantitative estimate of drug-likeness (QED) is 0.577. The van der Waals surface area contributed by atoms with E-state index in [9.17, 15) is 13.6 Å². The Hall–Kier alpha value is -1.05. The van der Waals surface area contributed by atoms with Crippen molar-refractivity contribution in [1.82, 2.24) is 4.98 Å². The van der Waals surface area contributed by atoms with Crippen molar-refractivity contribution in [2.75, 3.05) is 0 Å². The molecule has 3 nitrogen and oxygen atoms in total. The van der Waals surface area contributed by atoms with Gasteiger partial charge in [-0.1, -0.05) is 13.0 Å². The molecule has 19 heavy (non-hydrogen) atoms. The van der Waals surface area contributed by atoms with Crippen molar-refractivity contribution >= 4 is 28.6 Å². The van der Waals surface area contributed by atoms with Crippen LogP contribution in [-0.4, -0.2) is 17.1 Å². The third kappa shape index (κ3) is 5.22. The number of carbonyl (C=O) groups is 1. The molecule has 0 aliphatic heterocycles. The van der Waals surface area contributed by atoms with E-state index in [0.29, 0.717) is 6.42 Å². The Labute approximate surface area is 124 Å². The highest BCUT2D eigenvalue weighted by Gasteiger charge is 2.26. The average molecular weight is 381 g/mol. The number of pyridine rings is 1. The maximum absolute atomic E-state index is 12.7. The van der Waals surface area contributed by atoms with Crippen LogP contribution in [0.15, 0.2) is 34.2 Å². The summed E-state index contributed by atoms with van der Waals surface area (Å²) in [6.45, 7) is 2.98. The molecule has 0 N–H and O–H groups in total. The van der Waals surface area contributed by atoms with Gasteiger partial charge in [0.2, 0.25) is 0 Å². The molecule has 1 heterocycles. The summed E-state index contributed by atoms with van der Waals surface area (Å²) in [5.74, 6) is -0.833. The molecule has 104 valence electrons. The minimum Gasteiger partial charge on any atom is -0.457 e. The number of hydrogen-bond donors (Lipinski definition) is 0. The molecule has 1 aromatic heterocycles. The van der Waals surface area contributed by atoms with E-state index in [1.807, 2.05) is 6.07 Å². The van der Waals surface area contributed by atoms with Gasteiger partial charge in [0, 0.05) is 25.2 Å². The van der Waals surface area contributed by atoms with Gasteiger partial charge in [0.05, 0.1) is 3.58 Å². The van der Waals surface area contributed by atoms with E-state index in [4.69, 9.17) is 4.74 Å². The number of hydrogen-bond acceptors (Lipinski definition) is 3. The predicted octanol–water partition coefficient (Wildman–Crippen LogP) is 3.74. The van der Waals surface area contributed by atoms with Crippen molar-refractivity contribution < 1.29 is 18.3 Å². The molecule has 0 radical (unpaired) electrons. The van der Waals surface area contributed by atoms with E-state index in [2.05, 4.69) is 4.98 Å². The number of halogens is 3. The highest BCUT2D eigenvalue weighted by Crippen LogP contribution is 2.29. The van der Waals surface area contributed by atoms with Crippen LogP contribution in [0.25, 0.3) is 0 Å². The standard InChI is InChI=1S/C13H14F2INO2/c1-8(6-10-4-3-5-17-7-10)12(19-9(2)18)11(16)13(14)15/h3-5,7-8,12H,6H2,1-2H3. The largest absolute Gasteiger partial charge is 0.457 e. The number of ether oxygens (including phenoxy) is 1. The monoisotopic (exact) mass is 381 g/mol. The van der Waals surface area contributed by atoms with Crippen molar-refractivity contribution in [1.29, 1.82) is 0 Å². The van der Waals surface area contributed by atoms with E-state index in [0.717, 1.165) is 5.56 Å². The van der Waals surface area contributed by atoms with Crippen molar-refractivity contribution in [3.63, 3.8) is 0 Å². The van der Waals surface area contributed by atoms with Gasteiger partial charge < -0.3 is 4.74 Å². The molecule has 1 rings (SSSR count). The highest BCUT2D eigenvalue weighted by atomic mass is 127. The second kappa shape index (κ2) is 7.52. The Kier molecular flexibility index (Phi) is 6.33. The van der Waals surface area contributed by atoms with Crippen LogP contribution in [0.4, 0.5) is 8.78 Å². The first-order chi connectivity index (χ1) is 8.91. The van der Waals surface area contributed by atoms with Crippen molar-refractivity contribution in [2.24, 2.45) is 5.92 Å². The fourth-order valence-electron chi connectivity index (χ4n) is 1.70. The van der Waals surface area contributed by atoms with Gasteiger partial charge >= 0.3 is 5.97 Å². The molecule has 6 heteroatoms. The Morgan fingerprint density at radius 3 is 2.68 bits per heavy atom. The average Bonchev–Trinajstić information content (AvgIpc) is 2.35. The van der Waals surface area contributed by atoms with E-state index in [-0.39, 0.29) is 9.50 Å². The summed E-state index contributed by atoms with van der Waals surface area (Å²) in [6.07, 6.45) is 1.07. The molecule has 0 saturated carbocycles.